The first kappa shape index (κ1) is 18.3. The van der Waals surface area contributed by atoms with Gasteiger partial charge >= 0.3 is 6.09 Å². The van der Waals surface area contributed by atoms with Crippen molar-refractivity contribution in [1.82, 2.24) is 4.90 Å². The van der Waals surface area contributed by atoms with Crippen LogP contribution in [0.1, 0.15) is 85.5 Å². The van der Waals surface area contributed by atoms with Gasteiger partial charge in [-0.2, -0.15) is 0 Å². The Morgan fingerprint density at radius 3 is 2.05 bits per heavy atom. The van der Waals surface area contributed by atoms with Crippen LogP contribution in [-0.2, 0) is 4.74 Å². The fourth-order valence-corrected chi connectivity index (χ4v) is 2.79. The van der Waals surface area contributed by atoms with Crippen molar-refractivity contribution in [2.24, 2.45) is 5.92 Å². The molecule has 3 heteroatoms. The molecule has 0 bridgehead atoms. The molecule has 1 fully saturated rings. The molecule has 0 radical (unpaired) electrons. The number of amides is 1. The number of likely N-dealkylation sites (tertiary alicyclic amines) is 1. The molecule has 0 saturated carbocycles. The van der Waals surface area contributed by atoms with Gasteiger partial charge in [-0.1, -0.05) is 58.3 Å². The topological polar surface area (TPSA) is 29.5 Å². The van der Waals surface area contributed by atoms with Crippen molar-refractivity contribution >= 4 is 6.09 Å². The van der Waals surface area contributed by atoms with E-state index in [0.717, 1.165) is 13.1 Å². The largest absolute Gasteiger partial charge is 0.444 e. The maximum Gasteiger partial charge on any atom is 0.410 e. The average molecular weight is 297 g/mol. The minimum Gasteiger partial charge on any atom is -0.444 e. The molecule has 0 aromatic heterocycles. The van der Waals surface area contributed by atoms with Crippen LogP contribution in [0, 0.1) is 5.92 Å². The van der Waals surface area contributed by atoms with Crippen molar-refractivity contribution in [1.29, 1.82) is 0 Å². The highest BCUT2D eigenvalue weighted by Crippen LogP contribution is 2.24. The molecule has 3 nitrogen and oxygen atoms in total. The first-order valence-electron chi connectivity index (χ1n) is 8.90. The summed E-state index contributed by atoms with van der Waals surface area (Å²) in [4.78, 5) is 13.6. The third kappa shape index (κ3) is 8.33. The number of hydrogen-bond donors (Lipinski definition) is 0. The number of ether oxygens (including phenoxy) is 1. The van der Waals surface area contributed by atoms with Crippen LogP contribution in [0.5, 0.6) is 0 Å². The Hall–Kier alpha value is -0.730. The normalized spacial score (nSPS) is 15.9. The van der Waals surface area contributed by atoms with Gasteiger partial charge in [-0.25, -0.2) is 4.79 Å². The van der Waals surface area contributed by atoms with E-state index in [-0.39, 0.29) is 11.7 Å². The van der Waals surface area contributed by atoms with E-state index in [9.17, 15) is 4.79 Å². The predicted octanol–water partition coefficient (Wildman–Crippen LogP) is 5.38. The van der Waals surface area contributed by atoms with E-state index in [1.54, 1.807) is 0 Å². The fraction of sp³-hybridized carbons (Fsp3) is 0.944. The van der Waals surface area contributed by atoms with Crippen LogP contribution in [0.4, 0.5) is 4.79 Å². The number of unbranched alkanes of at least 4 members (excludes halogenated alkanes) is 7. The Bertz CT molecular complexity index is 290. The molecule has 0 aliphatic carbocycles. The maximum absolute atomic E-state index is 11.8. The van der Waals surface area contributed by atoms with Gasteiger partial charge in [-0.3, -0.25) is 0 Å². The van der Waals surface area contributed by atoms with Gasteiger partial charge in [0, 0.05) is 13.1 Å². The van der Waals surface area contributed by atoms with Crippen LogP contribution >= 0.6 is 0 Å². The zero-order chi connectivity index (χ0) is 15.7. The molecule has 0 unspecified atom stereocenters. The summed E-state index contributed by atoms with van der Waals surface area (Å²) in [7, 11) is 0. The zero-order valence-electron chi connectivity index (χ0n) is 14.6. The van der Waals surface area contributed by atoms with E-state index in [2.05, 4.69) is 6.92 Å². The lowest BCUT2D eigenvalue weighted by Crippen LogP contribution is -2.51. The lowest BCUT2D eigenvalue weighted by Gasteiger charge is -2.39. The van der Waals surface area contributed by atoms with Crippen LogP contribution in [-0.4, -0.2) is 29.7 Å². The van der Waals surface area contributed by atoms with Crippen molar-refractivity contribution in [3.8, 4) is 0 Å². The van der Waals surface area contributed by atoms with Crippen LogP contribution < -0.4 is 0 Å². The Kier molecular flexibility index (Phi) is 8.13. The summed E-state index contributed by atoms with van der Waals surface area (Å²) in [5.74, 6) is 0.706. The lowest BCUT2D eigenvalue weighted by molar-refractivity contribution is -0.00242. The van der Waals surface area contributed by atoms with Crippen molar-refractivity contribution < 1.29 is 9.53 Å². The average Bonchev–Trinajstić information content (AvgIpc) is 2.32. The summed E-state index contributed by atoms with van der Waals surface area (Å²) in [5, 5.41) is 0. The van der Waals surface area contributed by atoms with Crippen molar-refractivity contribution in [3.63, 3.8) is 0 Å². The van der Waals surface area contributed by atoms with Gasteiger partial charge in [-0.05, 0) is 33.1 Å². The van der Waals surface area contributed by atoms with E-state index in [4.69, 9.17) is 4.74 Å². The molecular formula is C18H35NO2. The Morgan fingerprint density at radius 2 is 1.52 bits per heavy atom. The van der Waals surface area contributed by atoms with E-state index >= 15 is 0 Å². The van der Waals surface area contributed by atoms with Crippen molar-refractivity contribution in [2.75, 3.05) is 13.1 Å². The molecule has 1 heterocycles. The summed E-state index contributed by atoms with van der Waals surface area (Å²) in [6.45, 7) is 9.81. The summed E-state index contributed by atoms with van der Waals surface area (Å²) >= 11 is 0. The molecule has 0 aromatic rings. The molecule has 0 atom stereocenters. The highest BCUT2D eigenvalue weighted by molar-refractivity contribution is 5.69. The Balaban J connectivity index is 1.92. The number of carbonyl (C=O) groups excluding carboxylic acids is 1. The standard InChI is InChI=1S/C18H35NO2/c1-5-6-7-8-9-10-11-12-13-16-14-19(15-16)17(20)21-18(2,3)4/h16H,5-15H2,1-4H3. The predicted molar refractivity (Wildman–Crippen MR) is 88.5 cm³/mol. The number of nitrogens with zero attached hydrogens (tertiary/aromatic N) is 1. The monoisotopic (exact) mass is 297 g/mol. The third-order valence-corrected chi connectivity index (χ3v) is 4.07. The van der Waals surface area contributed by atoms with Gasteiger partial charge in [0.05, 0.1) is 0 Å². The molecule has 1 aliphatic rings. The molecule has 1 saturated heterocycles. The number of hydrogen-bond acceptors (Lipinski definition) is 2. The van der Waals surface area contributed by atoms with Crippen LogP contribution in [0.3, 0.4) is 0 Å². The van der Waals surface area contributed by atoms with E-state index in [1.807, 2.05) is 25.7 Å². The van der Waals surface area contributed by atoms with Crippen LogP contribution in [0.25, 0.3) is 0 Å². The summed E-state index contributed by atoms with van der Waals surface area (Å²) in [5.41, 5.74) is -0.375. The smallest absolute Gasteiger partial charge is 0.410 e. The lowest BCUT2D eigenvalue weighted by atomic mass is 9.93. The van der Waals surface area contributed by atoms with Crippen molar-refractivity contribution in [2.45, 2.75) is 91.1 Å². The van der Waals surface area contributed by atoms with Gasteiger partial charge in [0.2, 0.25) is 0 Å². The quantitative estimate of drug-likeness (QED) is 0.534. The highest BCUT2D eigenvalue weighted by atomic mass is 16.6. The molecular weight excluding hydrogens is 262 g/mol. The van der Waals surface area contributed by atoms with Gasteiger partial charge in [-0.15, -0.1) is 0 Å². The Labute approximate surface area is 131 Å². The first-order chi connectivity index (χ1) is 9.92. The third-order valence-electron chi connectivity index (χ3n) is 4.07. The molecule has 1 aliphatic heterocycles. The van der Waals surface area contributed by atoms with Gasteiger partial charge in [0.15, 0.2) is 0 Å². The molecule has 1 amide bonds. The fourth-order valence-electron chi connectivity index (χ4n) is 2.79. The molecule has 0 N–H and O–H groups in total. The van der Waals surface area contributed by atoms with Gasteiger partial charge < -0.3 is 9.64 Å². The van der Waals surface area contributed by atoms with Crippen molar-refractivity contribution in [3.05, 3.63) is 0 Å². The van der Waals surface area contributed by atoms with Gasteiger partial charge in [0.25, 0.3) is 0 Å². The molecule has 0 spiro atoms. The second-order valence-electron chi connectivity index (χ2n) is 7.51. The molecule has 124 valence electrons. The maximum atomic E-state index is 11.8. The SMILES string of the molecule is CCCCCCCCCCC1CN(C(=O)OC(C)(C)C)C1. The van der Waals surface area contributed by atoms with E-state index < -0.39 is 0 Å². The second-order valence-corrected chi connectivity index (χ2v) is 7.51. The minimum atomic E-state index is -0.375. The van der Waals surface area contributed by atoms with Gasteiger partial charge in [0.1, 0.15) is 5.60 Å². The second kappa shape index (κ2) is 9.32. The van der Waals surface area contributed by atoms with E-state index in [0.29, 0.717) is 5.92 Å². The summed E-state index contributed by atoms with van der Waals surface area (Å²) < 4.78 is 5.37. The minimum absolute atomic E-state index is 0.144. The molecule has 1 rings (SSSR count). The summed E-state index contributed by atoms with van der Waals surface area (Å²) in [6.07, 6.45) is 12.1. The number of rotatable bonds is 9. The first-order valence-corrected chi connectivity index (χ1v) is 8.90. The molecule has 0 aromatic carbocycles. The molecule has 21 heavy (non-hydrogen) atoms. The zero-order valence-corrected chi connectivity index (χ0v) is 14.6. The highest BCUT2D eigenvalue weighted by Gasteiger charge is 2.32. The summed E-state index contributed by atoms with van der Waals surface area (Å²) in [6, 6.07) is 0. The number of carbonyl (C=O) groups is 1. The van der Waals surface area contributed by atoms with Crippen LogP contribution in [0.15, 0.2) is 0 Å². The van der Waals surface area contributed by atoms with Crippen LogP contribution in [0.2, 0.25) is 0 Å². The Morgan fingerprint density at radius 1 is 1.00 bits per heavy atom. The van der Waals surface area contributed by atoms with E-state index in [1.165, 1.54) is 57.8 Å².